The first-order valence-corrected chi connectivity index (χ1v) is 34.4. The minimum Gasteiger partial charge on any atom is -0.756 e. The number of hydrogen-bond donors (Lipinski definition) is 1. The SMILES string of the molecule is CCCCC/C=C\C/C=C\C/C=C\CCCCCCCCCCCCC(=O)NC(COP(=O)([O-])OCC[N+](C)(C)C)C(/C=C\CCCCCCCCCCC)OC(=O)CCCCCCCC/C=C\C/C=C\C/C=C\CCCCC. The molecular weight excluding hydrogens is 1000 g/mol. The number of ether oxygens (including phenoxy) is 1. The van der Waals surface area contributed by atoms with Crippen molar-refractivity contribution in [2.24, 2.45) is 0 Å². The third-order valence-corrected chi connectivity index (χ3v) is 15.3. The third-order valence-electron chi connectivity index (χ3n) is 14.3. The molecule has 0 aromatic rings. The Kier molecular flexibility index (Phi) is 56.3. The zero-order valence-corrected chi connectivity index (χ0v) is 53.2. The maximum absolute atomic E-state index is 13.6. The maximum Gasteiger partial charge on any atom is 0.306 e. The van der Waals surface area contributed by atoms with Gasteiger partial charge in [-0.05, 0) is 109 Å². The summed E-state index contributed by atoms with van der Waals surface area (Å²) in [6, 6.07) is -0.900. The van der Waals surface area contributed by atoms with Gasteiger partial charge in [-0.3, -0.25) is 14.2 Å². The van der Waals surface area contributed by atoms with E-state index in [4.69, 9.17) is 13.8 Å². The van der Waals surface area contributed by atoms with Crippen LogP contribution in [-0.2, 0) is 27.9 Å². The van der Waals surface area contributed by atoms with E-state index in [0.29, 0.717) is 23.9 Å². The van der Waals surface area contributed by atoms with Crippen LogP contribution in [0.4, 0.5) is 0 Å². The van der Waals surface area contributed by atoms with Crippen LogP contribution in [0.5, 0.6) is 0 Å². The summed E-state index contributed by atoms with van der Waals surface area (Å²) >= 11 is 0. The van der Waals surface area contributed by atoms with E-state index in [1.165, 1.54) is 141 Å². The zero-order chi connectivity index (χ0) is 57.9. The maximum atomic E-state index is 13.6. The molecule has 9 nitrogen and oxygen atoms in total. The second-order valence-electron chi connectivity index (χ2n) is 23.3. The van der Waals surface area contributed by atoms with E-state index < -0.39 is 26.6 Å². The molecule has 0 aromatic carbocycles. The van der Waals surface area contributed by atoms with Gasteiger partial charge in [0, 0.05) is 12.8 Å². The summed E-state index contributed by atoms with van der Waals surface area (Å²) in [6.07, 6.45) is 76.9. The minimum atomic E-state index is -4.71. The quantitative estimate of drug-likeness (QED) is 0.0212. The van der Waals surface area contributed by atoms with Crippen LogP contribution in [0, 0.1) is 0 Å². The van der Waals surface area contributed by atoms with Crippen LogP contribution in [0.2, 0.25) is 0 Å². The fourth-order valence-electron chi connectivity index (χ4n) is 9.18. The fraction of sp³-hybridized carbons (Fsp3) is 0.768. The molecule has 0 bridgehead atoms. The summed E-state index contributed by atoms with van der Waals surface area (Å²) in [6.45, 7) is 6.78. The molecule has 0 spiro atoms. The van der Waals surface area contributed by atoms with Crippen LogP contribution < -0.4 is 10.2 Å². The highest BCUT2D eigenvalue weighted by Gasteiger charge is 2.27. The Morgan fingerprint density at radius 2 is 0.772 bits per heavy atom. The van der Waals surface area contributed by atoms with Crippen LogP contribution >= 0.6 is 7.82 Å². The number of carbonyl (C=O) groups excluding carboxylic acids is 2. The van der Waals surface area contributed by atoms with Crippen molar-refractivity contribution >= 4 is 19.7 Å². The van der Waals surface area contributed by atoms with Gasteiger partial charge in [-0.1, -0.05) is 254 Å². The number of likely N-dealkylation sites (N-methyl/N-ethyl adjacent to an activating group) is 1. The highest BCUT2D eigenvalue weighted by atomic mass is 31.2. The summed E-state index contributed by atoms with van der Waals surface area (Å²) in [5, 5.41) is 3.03. The van der Waals surface area contributed by atoms with Crippen LogP contribution in [0.3, 0.4) is 0 Å². The first kappa shape index (κ1) is 76.2. The highest BCUT2D eigenvalue weighted by Crippen LogP contribution is 2.38. The molecule has 0 rings (SSSR count). The Morgan fingerprint density at radius 3 is 1.18 bits per heavy atom. The van der Waals surface area contributed by atoms with E-state index in [9.17, 15) is 19.0 Å². The molecule has 0 aliphatic heterocycles. The molecule has 458 valence electrons. The van der Waals surface area contributed by atoms with E-state index in [2.05, 4.69) is 99.0 Å². The van der Waals surface area contributed by atoms with Crippen LogP contribution in [0.15, 0.2) is 85.1 Å². The van der Waals surface area contributed by atoms with Gasteiger partial charge in [0.15, 0.2) is 0 Å². The molecule has 0 heterocycles. The molecule has 10 heteroatoms. The fourth-order valence-corrected chi connectivity index (χ4v) is 9.91. The molecule has 0 fully saturated rings. The number of carbonyl (C=O) groups is 2. The van der Waals surface area contributed by atoms with Crippen LogP contribution in [0.1, 0.15) is 290 Å². The second kappa shape index (κ2) is 58.4. The Labute approximate surface area is 488 Å². The first-order valence-electron chi connectivity index (χ1n) is 32.9. The molecule has 3 unspecified atom stereocenters. The summed E-state index contributed by atoms with van der Waals surface area (Å²) in [5.41, 5.74) is 0. The average molecular weight is 1130 g/mol. The van der Waals surface area contributed by atoms with Crippen molar-refractivity contribution in [1.82, 2.24) is 5.32 Å². The number of phosphoric ester groups is 1. The average Bonchev–Trinajstić information content (AvgIpc) is 3.41. The molecule has 0 saturated heterocycles. The second-order valence-corrected chi connectivity index (χ2v) is 24.7. The molecule has 1 N–H and O–H groups in total. The van der Waals surface area contributed by atoms with Gasteiger partial charge in [-0.25, -0.2) is 0 Å². The van der Waals surface area contributed by atoms with Crippen molar-refractivity contribution in [3.63, 3.8) is 0 Å². The lowest BCUT2D eigenvalue weighted by Crippen LogP contribution is -2.47. The number of nitrogens with one attached hydrogen (secondary N) is 1. The Bertz CT molecular complexity index is 1630. The first-order chi connectivity index (χ1) is 38.4. The zero-order valence-electron chi connectivity index (χ0n) is 52.3. The number of hydrogen-bond acceptors (Lipinski definition) is 7. The summed E-state index contributed by atoms with van der Waals surface area (Å²) in [5.74, 6) is -0.559. The van der Waals surface area contributed by atoms with Gasteiger partial charge < -0.3 is 28.5 Å². The number of rotatable bonds is 59. The van der Waals surface area contributed by atoms with Crippen molar-refractivity contribution in [1.29, 1.82) is 0 Å². The minimum absolute atomic E-state index is 0.0285. The molecule has 3 atom stereocenters. The largest absolute Gasteiger partial charge is 0.756 e. The van der Waals surface area contributed by atoms with Gasteiger partial charge in [0.1, 0.15) is 19.3 Å². The lowest BCUT2D eigenvalue weighted by atomic mass is 10.0. The van der Waals surface area contributed by atoms with Crippen molar-refractivity contribution in [3.05, 3.63) is 85.1 Å². The van der Waals surface area contributed by atoms with Crippen molar-refractivity contribution in [2.75, 3.05) is 40.9 Å². The molecule has 0 aliphatic carbocycles. The number of esters is 1. The van der Waals surface area contributed by atoms with Gasteiger partial charge in [-0.15, -0.1) is 0 Å². The van der Waals surface area contributed by atoms with E-state index in [-0.39, 0.29) is 24.9 Å². The Balaban J connectivity index is 5.16. The summed E-state index contributed by atoms with van der Waals surface area (Å²) in [7, 11) is 1.17. The molecule has 0 aliphatic rings. The number of amides is 1. The molecular formula is C69H125N2O7P. The standard InChI is InChI=1S/C69H125N2O7P/c1-7-10-13-16-19-22-25-27-29-31-33-34-35-36-38-39-41-43-46-49-52-55-58-61-68(72)70-66(65-77-79(74,75)76-64-63-71(4,5)6)67(60-57-54-51-48-45-24-21-18-15-12-9-3)78-69(73)62-59-56-53-50-47-44-42-40-37-32-30-28-26-23-20-17-14-11-8-2/h19-20,22-23,27-30,33-34,37,40,57,60,66-67H,7-18,21,24-26,31-32,35-36,38-39,41-56,58-59,61-65H2,1-6H3,(H-,70,72,74,75)/b22-19-,23-20-,29-27-,30-28-,34-33-,40-37-,60-57-. The van der Waals surface area contributed by atoms with Crippen molar-refractivity contribution in [2.45, 2.75) is 303 Å². The predicted molar refractivity (Wildman–Crippen MR) is 339 cm³/mol. The van der Waals surface area contributed by atoms with Gasteiger partial charge in [0.05, 0.1) is 33.8 Å². The van der Waals surface area contributed by atoms with Crippen molar-refractivity contribution in [3.8, 4) is 0 Å². The molecule has 0 aromatic heterocycles. The molecule has 0 radical (unpaired) electrons. The number of phosphoric acid groups is 1. The van der Waals surface area contributed by atoms with E-state index >= 15 is 0 Å². The lowest BCUT2D eigenvalue weighted by Gasteiger charge is -2.30. The monoisotopic (exact) mass is 1120 g/mol. The highest BCUT2D eigenvalue weighted by molar-refractivity contribution is 7.45. The summed E-state index contributed by atoms with van der Waals surface area (Å²) in [4.78, 5) is 40.0. The molecule has 0 saturated carbocycles. The van der Waals surface area contributed by atoms with E-state index in [0.717, 1.165) is 109 Å². The van der Waals surface area contributed by atoms with Gasteiger partial charge in [0.25, 0.3) is 7.82 Å². The van der Waals surface area contributed by atoms with Gasteiger partial charge >= 0.3 is 5.97 Å². The Hall–Kier alpha value is -2.81. The number of allylic oxidation sites excluding steroid dienone is 13. The number of unbranched alkanes of at least 4 members (excludes halogenated alkanes) is 31. The molecule has 79 heavy (non-hydrogen) atoms. The molecule has 1 amide bonds. The topological polar surface area (TPSA) is 114 Å². The summed E-state index contributed by atoms with van der Waals surface area (Å²) < 4.78 is 30.3. The van der Waals surface area contributed by atoms with Gasteiger partial charge in [-0.2, -0.15) is 0 Å². The number of nitrogens with zero attached hydrogens (tertiary/aromatic N) is 1. The van der Waals surface area contributed by atoms with Crippen LogP contribution in [0.25, 0.3) is 0 Å². The van der Waals surface area contributed by atoms with E-state index in [1.54, 1.807) is 0 Å². The number of quaternary nitrogens is 1. The van der Waals surface area contributed by atoms with Crippen molar-refractivity contribution < 1.29 is 37.3 Å². The normalized spacial score (nSPS) is 14.2. The van der Waals surface area contributed by atoms with Crippen LogP contribution in [-0.4, -0.2) is 69.4 Å². The Morgan fingerprint density at radius 1 is 0.443 bits per heavy atom. The van der Waals surface area contributed by atoms with Gasteiger partial charge in [0.2, 0.25) is 5.91 Å². The lowest BCUT2D eigenvalue weighted by molar-refractivity contribution is -0.870. The van der Waals surface area contributed by atoms with E-state index in [1.807, 2.05) is 33.3 Å². The predicted octanol–water partition coefficient (Wildman–Crippen LogP) is 19.9. The smallest absolute Gasteiger partial charge is 0.306 e. The third kappa shape index (κ3) is 59.6.